The van der Waals surface area contributed by atoms with Crippen molar-refractivity contribution in [2.45, 2.75) is 70.9 Å². The highest BCUT2D eigenvalue weighted by molar-refractivity contribution is 5.93. The van der Waals surface area contributed by atoms with Crippen LogP contribution >= 0.6 is 0 Å². The lowest BCUT2D eigenvalue weighted by molar-refractivity contribution is -0.143. The maximum Gasteiger partial charge on any atom is 0.306 e. The normalized spacial score (nSPS) is 21.6. The summed E-state index contributed by atoms with van der Waals surface area (Å²) in [5, 5.41) is 13.1. The number of rotatable bonds is 10. The van der Waals surface area contributed by atoms with Gasteiger partial charge in [0.05, 0.1) is 12.0 Å². The fraction of sp³-hybridized carbons (Fsp3) is 0.652. The van der Waals surface area contributed by atoms with Crippen molar-refractivity contribution in [1.82, 2.24) is 5.32 Å². The molecule has 1 amide bonds. The molecule has 0 fully saturated rings. The Morgan fingerprint density at radius 2 is 1.97 bits per heavy atom. The van der Waals surface area contributed by atoms with Crippen LogP contribution in [0.3, 0.4) is 0 Å². The molecular weight excluding hydrogens is 368 g/mol. The molecule has 162 valence electrons. The third-order valence-corrected chi connectivity index (χ3v) is 6.83. The summed E-state index contributed by atoms with van der Waals surface area (Å²) in [4.78, 5) is 23.3. The highest BCUT2D eigenvalue weighted by atomic mass is 16.5. The van der Waals surface area contributed by atoms with E-state index in [0.717, 1.165) is 24.8 Å². The Labute approximate surface area is 174 Å². The zero-order valence-electron chi connectivity index (χ0n) is 18.3. The fourth-order valence-corrected chi connectivity index (χ4v) is 4.98. The molecule has 6 heteroatoms. The topological polar surface area (TPSA) is 102 Å². The monoisotopic (exact) mass is 404 g/mol. The summed E-state index contributed by atoms with van der Waals surface area (Å²) in [6, 6.07) is 5.76. The van der Waals surface area contributed by atoms with Gasteiger partial charge in [0.1, 0.15) is 0 Å². The third kappa shape index (κ3) is 4.64. The molecule has 0 spiro atoms. The van der Waals surface area contributed by atoms with E-state index < -0.39 is 11.9 Å². The van der Waals surface area contributed by atoms with Crippen LogP contribution in [0.5, 0.6) is 0 Å². The van der Waals surface area contributed by atoms with Gasteiger partial charge in [0.15, 0.2) is 0 Å². The van der Waals surface area contributed by atoms with E-state index in [2.05, 4.69) is 19.2 Å². The Morgan fingerprint density at radius 3 is 2.45 bits per heavy atom. The minimum absolute atomic E-state index is 0.0239. The van der Waals surface area contributed by atoms with Crippen LogP contribution in [0.1, 0.15) is 68.4 Å². The van der Waals surface area contributed by atoms with Crippen LogP contribution in [0.2, 0.25) is 0 Å². The lowest BCUT2D eigenvalue weighted by Crippen LogP contribution is -2.59. The van der Waals surface area contributed by atoms with E-state index in [-0.39, 0.29) is 29.4 Å². The number of nitrogens with two attached hydrogens (primary N) is 1. The summed E-state index contributed by atoms with van der Waals surface area (Å²) in [6.07, 6.45) is 3.05. The second-order valence-electron chi connectivity index (χ2n) is 8.49. The highest BCUT2D eigenvalue weighted by Gasteiger charge is 2.46. The van der Waals surface area contributed by atoms with Crippen molar-refractivity contribution < 1.29 is 19.4 Å². The molecule has 1 aromatic carbocycles. The molecule has 29 heavy (non-hydrogen) atoms. The number of fused-ring (bicyclic) bond motifs is 1. The van der Waals surface area contributed by atoms with Gasteiger partial charge >= 0.3 is 5.97 Å². The first-order valence-electron chi connectivity index (χ1n) is 10.6. The van der Waals surface area contributed by atoms with Crippen LogP contribution in [0, 0.1) is 11.8 Å². The number of benzene rings is 1. The Morgan fingerprint density at radius 1 is 1.31 bits per heavy atom. The number of carboxylic acid groups (broad SMARTS) is 1. The van der Waals surface area contributed by atoms with E-state index in [4.69, 9.17) is 10.5 Å². The molecule has 0 heterocycles. The first-order valence-corrected chi connectivity index (χ1v) is 10.6. The van der Waals surface area contributed by atoms with E-state index in [1.165, 1.54) is 5.56 Å². The van der Waals surface area contributed by atoms with Crippen molar-refractivity contribution in [3.8, 4) is 0 Å². The van der Waals surface area contributed by atoms with Gasteiger partial charge in [0.2, 0.25) is 5.91 Å². The molecule has 4 N–H and O–H groups in total. The van der Waals surface area contributed by atoms with Crippen LogP contribution in [0.4, 0.5) is 0 Å². The maximum absolute atomic E-state index is 11.8. The summed E-state index contributed by atoms with van der Waals surface area (Å²) in [6.45, 7) is 8.81. The molecule has 0 saturated heterocycles. The number of methoxy groups -OCH3 is 1. The van der Waals surface area contributed by atoms with E-state index in [1.807, 2.05) is 26.0 Å². The van der Waals surface area contributed by atoms with Crippen molar-refractivity contribution in [2.24, 2.45) is 17.6 Å². The van der Waals surface area contributed by atoms with Crippen LogP contribution in [-0.4, -0.2) is 42.8 Å². The molecule has 0 bridgehead atoms. The molecule has 0 aromatic heterocycles. The summed E-state index contributed by atoms with van der Waals surface area (Å²) in [7, 11) is 1.73. The number of carboxylic acids is 1. The van der Waals surface area contributed by atoms with E-state index in [1.54, 1.807) is 13.2 Å². The number of carbonyl (C=O) groups is 2. The SMILES string of the molecule is CCC1(CC)c2cc(C(N)=O)ccc2C[C@H](OC)[C@H]1NCC[C@@H](C(=O)O)C(C)C. The number of aliphatic carboxylic acids is 1. The number of hydrogen-bond donors (Lipinski definition) is 3. The van der Waals surface area contributed by atoms with Gasteiger partial charge in [-0.2, -0.15) is 0 Å². The Hall–Kier alpha value is -1.92. The number of nitrogens with one attached hydrogen (secondary N) is 1. The molecule has 0 unspecified atom stereocenters. The number of amides is 1. The summed E-state index contributed by atoms with van der Waals surface area (Å²) < 4.78 is 5.88. The molecular formula is C23H36N2O4. The number of ether oxygens (including phenoxy) is 1. The Kier molecular flexibility index (Phi) is 7.83. The quantitative estimate of drug-likeness (QED) is 0.556. The predicted molar refractivity (Wildman–Crippen MR) is 114 cm³/mol. The summed E-state index contributed by atoms with van der Waals surface area (Å²) in [5.41, 5.74) is 8.20. The predicted octanol–water partition coefficient (Wildman–Crippen LogP) is 3.12. The van der Waals surface area contributed by atoms with E-state index in [0.29, 0.717) is 18.5 Å². The smallest absolute Gasteiger partial charge is 0.306 e. The van der Waals surface area contributed by atoms with Crippen molar-refractivity contribution in [1.29, 1.82) is 0 Å². The minimum atomic E-state index is -0.748. The zero-order chi connectivity index (χ0) is 21.8. The van der Waals surface area contributed by atoms with Crippen LogP contribution in [0.25, 0.3) is 0 Å². The molecule has 1 aromatic rings. The average molecular weight is 405 g/mol. The third-order valence-electron chi connectivity index (χ3n) is 6.83. The van der Waals surface area contributed by atoms with Gasteiger partial charge < -0.3 is 20.9 Å². The van der Waals surface area contributed by atoms with Crippen LogP contribution < -0.4 is 11.1 Å². The van der Waals surface area contributed by atoms with E-state index in [9.17, 15) is 14.7 Å². The van der Waals surface area contributed by atoms with Gasteiger partial charge in [-0.1, -0.05) is 33.8 Å². The molecule has 1 aliphatic carbocycles. The summed E-state index contributed by atoms with van der Waals surface area (Å²) >= 11 is 0. The van der Waals surface area contributed by atoms with Gasteiger partial charge in [-0.25, -0.2) is 0 Å². The van der Waals surface area contributed by atoms with Gasteiger partial charge in [-0.15, -0.1) is 0 Å². The number of primary amides is 1. The molecule has 2 rings (SSSR count). The van der Waals surface area contributed by atoms with E-state index >= 15 is 0 Å². The van der Waals surface area contributed by atoms with Crippen molar-refractivity contribution in [3.05, 3.63) is 34.9 Å². The first-order chi connectivity index (χ1) is 13.7. The Balaban J connectivity index is 2.37. The maximum atomic E-state index is 11.8. The van der Waals surface area contributed by atoms with Gasteiger partial charge in [-0.05, 0) is 55.0 Å². The molecule has 0 radical (unpaired) electrons. The standard InChI is InChI=1S/C23H36N2O4/c1-6-23(7-2)18-12-16(21(24)26)9-8-15(18)13-19(29-5)20(23)25-11-10-17(14(3)4)22(27)28/h8-9,12,14,17,19-20,25H,6-7,10-11,13H2,1-5H3,(H2,24,26)(H,27,28)/t17-,19+,20-/m1/s1. The second-order valence-corrected chi connectivity index (χ2v) is 8.49. The van der Waals surface area contributed by atoms with Gasteiger partial charge in [0, 0.05) is 30.6 Å². The molecule has 0 saturated carbocycles. The lowest BCUT2D eigenvalue weighted by Gasteiger charge is -2.49. The number of carbonyl (C=O) groups excluding carboxylic acids is 1. The van der Waals surface area contributed by atoms with Crippen molar-refractivity contribution >= 4 is 11.9 Å². The fourth-order valence-electron chi connectivity index (χ4n) is 4.98. The first kappa shape index (κ1) is 23.4. The summed E-state index contributed by atoms with van der Waals surface area (Å²) in [5.74, 6) is -1.46. The number of hydrogen-bond acceptors (Lipinski definition) is 4. The zero-order valence-corrected chi connectivity index (χ0v) is 18.3. The lowest BCUT2D eigenvalue weighted by atomic mass is 9.62. The largest absolute Gasteiger partial charge is 0.481 e. The van der Waals surface area contributed by atoms with Crippen LogP contribution in [-0.2, 0) is 21.4 Å². The van der Waals surface area contributed by atoms with Crippen molar-refractivity contribution in [2.75, 3.05) is 13.7 Å². The minimum Gasteiger partial charge on any atom is -0.481 e. The Bertz CT molecular complexity index is 728. The molecule has 1 aliphatic rings. The molecule has 3 atom stereocenters. The second kappa shape index (κ2) is 9.72. The average Bonchev–Trinajstić information content (AvgIpc) is 2.69. The highest BCUT2D eigenvalue weighted by Crippen LogP contribution is 2.44. The van der Waals surface area contributed by atoms with Gasteiger partial charge in [-0.3, -0.25) is 9.59 Å². The molecule has 6 nitrogen and oxygen atoms in total. The van der Waals surface area contributed by atoms with Crippen LogP contribution in [0.15, 0.2) is 18.2 Å². The molecule has 0 aliphatic heterocycles. The van der Waals surface area contributed by atoms with Crippen molar-refractivity contribution in [3.63, 3.8) is 0 Å². The van der Waals surface area contributed by atoms with Gasteiger partial charge in [0.25, 0.3) is 0 Å².